The van der Waals surface area contributed by atoms with E-state index in [0.717, 1.165) is 26.2 Å². The second-order valence-electron chi connectivity index (χ2n) is 6.82. The predicted molar refractivity (Wildman–Crippen MR) is 88.0 cm³/mol. The molecular formula is C19H22N2O. The largest absolute Gasteiger partial charge is 0.312 e. The molecular weight excluding hydrogens is 272 g/mol. The third-order valence-electron chi connectivity index (χ3n) is 5.21. The van der Waals surface area contributed by atoms with E-state index < -0.39 is 0 Å². The predicted octanol–water partition coefficient (Wildman–Crippen LogP) is 2.78. The number of aryl methyl sites for hydroxylation is 1. The van der Waals surface area contributed by atoms with Gasteiger partial charge in [0.1, 0.15) is 0 Å². The summed E-state index contributed by atoms with van der Waals surface area (Å²) in [6.45, 7) is 6.27. The van der Waals surface area contributed by atoms with Gasteiger partial charge in [-0.2, -0.15) is 0 Å². The fourth-order valence-corrected chi connectivity index (χ4v) is 4.15. The van der Waals surface area contributed by atoms with Gasteiger partial charge in [0.15, 0.2) is 0 Å². The quantitative estimate of drug-likeness (QED) is 0.851. The molecule has 0 N–H and O–H groups in total. The van der Waals surface area contributed by atoms with Crippen molar-refractivity contribution in [3.63, 3.8) is 0 Å². The van der Waals surface area contributed by atoms with Gasteiger partial charge in [-0.3, -0.25) is 9.69 Å². The van der Waals surface area contributed by atoms with E-state index in [1.807, 2.05) is 10.6 Å². The lowest BCUT2D eigenvalue weighted by Gasteiger charge is -2.43. The Balaban J connectivity index is 1.59. The zero-order valence-corrected chi connectivity index (χ0v) is 13.0. The van der Waals surface area contributed by atoms with Crippen LogP contribution in [0.1, 0.15) is 29.2 Å². The van der Waals surface area contributed by atoms with Crippen LogP contribution in [0.2, 0.25) is 0 Å². The molecule has 0 radical (unpaired) electrons. The SMILES string of the molecule is Cc1ccccc1CN1C[C@@H]2C[C@@H](C1)c1cccc(=O)n1C2. The zero-order chi connectivity index (χ0) is 15.1. The molecule has 1 saturated heterocycles. The van der Waals surface area contributed by atoms with Crippen LogP contribution in [0.4, 0.5) is 0 Å². The van der Waals surface area contributed by atoms with Crippen molar-refractivity contribution in [1.29, 1.82) is 0 Å². The first-order valence-electron chi connectivity index (χ1n) is 8.17. The van der Waals surface area contributed by atoms with E-state index in [2.05, 4.69) is 42.2 Å². The Morgan fingerprint density at radius 3 is 2.77 bits per heavy atom. The number of hydrogen-bond donors (Lipinski definition) is 0. The lowest BCUT2D eigenvalue weighted by atomic mass is 9.83. The fraction of sp³-hybridized carbons (Fsp3) is 0.421. The van der Waals surface area contributed by atoms with E-state index >= 15 is 0 Å². The summed E-state index contributed by atoms with van der Waals surface area (Å²) in [5.74, 6) is 1.11. The van der Waals surface area contributed by atoms with Crippen molar-refractivity contribution in [1.82, 2.24) is 9.47 Å². The van der Waals surface area contributed by atoms with E-state index in [1.54, 1.807) is 6.07 Å². The van der Waals surface area contributed by atoms with Gasteiger partial charge in [0.2, 0.25) is 0 Å². The third kappa shape index (κ3) is 2.40. The summed E-state index contributed by atoms with van der Waals surface area (Å²) in [5, 5.41) is 0. The Labute approximate surface area is 131 Å². The molecule has 2 aromatic rings. The van der Waals surface area contributed by atoms with Gasteiger partial charge in [-0.15, -0.1) is 0 Å². The van der Waals surface area contributed by atoms with Crippen LogP contribution in [0.15, 0.2) is 47.3 Å². The highest BCUT2D eigenvalue weighted by molar-refractivity contribution is 5.26. The van der Waals surface area contributed by atoms with E-state index in [4.69, 9.17) is 0 Å². The minimum absolute atomic E-state index is 0.166. The number of aromatic nitrogens is 1. The van der Waals surface area contributed by atoms with Crippen LogP contribution in [-0.2, 0) is 13.1 Å². The molecule has 1 fully saturated rings. The van der Waals surface area contributed by atoms with Gasteiger partial charge in [-0.25, -0.2) is 0 Å². The van der Waals surface area contributed by atoms with E-state index in [0.29, 0.717) is 11.8 Å². The molecule has 0 saturated carbocycles. The molecule has 2 atom stereocenters. The van der Waals surface area contributed by atoms with Gasteiger partial charge < -0.3 is 4.57 Å². The Morgan fingerprint density at radius 1 is 1.05 bits per heavy atom. The van der Waals surface area contributed by atoms with E-state index in [1.165, 1.54) is 23.2 Å². The first-order valence-corrected chi connectivity index (χ1v) is 8.17. The van der Waals surface area contributed by atoms with Crippen molar-refractivity contribution in [3.05, 3.63) is 69.6 Å². The van der Waals surface area contributed by atoms with Gasteiger partial charge in [0.25, 0.3) is 5.56 Å². The van der Waals surface area contributed by atoms with Gasteiger partial charge >= 0.3 is 0 Å². The molecule has 22 heavy (non-hydrogen) atoms. The van der Waals surface area contributed by atoms with E-state index in [9.17, 15) is 4.79 Å². The van der Waals surface area contributed by atoms with Gasteiger partial charge in [0, 0.05) is 43.9 Å². The smallest absolute Gasteiger partial charge is 0.250 e. The summed E-state index contributed by atoms with van der Waals surface area (Å²) in [5.41, 5.74) is 4.19. The Morgan fingerprint density at radius 2 is 1.91 bits per heavy atom. The average molecular weight is 294 g/mol. The molecule has 4 rings (SSSR count). The van der Waals surface area contributed by atoms with Crippen molar-refractivity contribution in [2.45, 2.75) is 32.4 Å². The third-order valence-corrected chi connectivity index (χ3v) is 5.21. The molecule has 1 aromatic carbocycles. The van der Waals surface area contributed by atoms with Crippen LogP contribution in [0.3, 0.4) is 0 Å². The van der Waals surface area contributed by atoms with Crippen molar-refractivity contribution in [3.8, 4) is 0 Å². The number of benzene rings is 1. The number of piperidine rings is 1. The number of nitrogens with zero attached hydrogens (tertiary/aromatic N) is 2. The Bertz CT molecular complexity index is 749. The molecule has 2 bridgehead atoms. The van der Waals surface area contributed by atoms with Crippen LogP contribution in [0.25, 0.3) is 0 Å². The molecule has 2 aliphatic rings. The molecule has 0 amide bonds. The summed E-state index contributed by atoms with van der Waals surface area (Å²) < 4.78 is 2.00. The Kier molecular flexibility index (Phi) is 3.38. The minimum atomic E-state index is 0.166. The molecule has 0 unspecified atom stereocenters. The number of pyridine rings is 1. The monoisotopic (exact) mass is 294 g/mol. The second-order valence-corrected chi connectivity index (χ2v) is 6.82. The lowest BCUT2D eigenvalue weighted by Crippen LogP contribution is -2.46. The normalized spacial score (nSPS) is 24.0. The molecule has 3 nitrogen and oxygen atoms in total. The fourth-order valence-electron chi connectivity index (χ4n) is 4.15. The van der Waals surface area contributed by atoms with Crippen molar-refractivity contribution >= 4 is 0 Å². The number of rotatable bonds is 2. The van der Waals surface area contributed by atoms with Gasteiger partial charge in [-0.1, -0.05) is 30.3 Å². The highest BCUT2D eigenvalue weighted by Crippen LogP contribution is 2.35. The summed E-state index contributed by atoms with van der Waals surface area (Å²) in [7, 11) is 0. The lowest BCUT2D eigenvalue weighted by molar-refractivity contribution is 0.114. The maximum atomic E-state index is 12.1. The number of fused-ring (bicyclic) bond motifs is 4. The van der Waals surface area contributed by atoms with Crippen LogP contribution in [-0.4, -0.2) is 22.6 Å². The first kappa shape index (κ1) is 13.8. The summed E-state index contributed by atoms with van der Waals surface area (Å²) >= 11 is 0. The first-order chi connectivity index (χ1) is 10.7. The summed E-state index contributed by atoms with van der Waals surface area (Å²) in [4.78, 5) is 14.6. The van der Waals surface area contributed by atoms with Gasteiger partial charge in [-0.05, 0) is 36.5 Å². The molecule has 114 valence electrons. The maximum absolute atomic E-state index is 12.1. The average Bonchev–Trinajstić information content (AvgIpc) is 2.51. The van der Waals surface area contributed by atoms with Crippen molar-refractivity contribution in [2.24, 2.45) is 5.92 Å². The Hall–Kier alpha value is -1.87. The van der Waals surface area contributed by atoms with Crippen LogP contribution in [0, 0.1) is 12.8 Å². The molecule has 0 aliphatic carbocycles. The molecule has 3 heterocycles. The van der Waals surface area contributed by atoms with Crippen LogP contribution in [0.5, 0.6) is 0 Å². The standard InChI is InChI=1S/C19H22N2O/c1-14-5-2-3-6-16(14)12-20-10-15-9-17(13-20)18-7-4-8-19(22)21(18)11-15/h2-8,15,17H,9-13H2,1H3/t15-,17-/m0/s1. The van der Waals surface area contributed by atoms with Crippen molar-refractivity contribution in [2.75, 3.05) is 13.1 Å². The van der Waals surface area contributed by atoms with E-state index in [-0.39, 0.29) is 5.56 Å². The molecule has 3 heteroatoms. The zero-order valence-electron chi connectivity index (χ0n) is 13.0. The highest BCUT2D eigenvalue weighted by Gasteiger charge is 2.34. The molecule has 2 aliphatic heterocycles. The topological polar surface area (TPSA) is 25.2 Å². The van der Waals surface area contributed by atoms with Gasteiger partial charge in [0.05, 0.1) is 0 Å². The molecule has 0 spiro atoms. The number of likely N-dealkylation sites (tertiary alicyclic amines) is 1. The van der Waals surface area contributed by atoms with Crippen LogP contribution >= 0.6 is 0 Å². The minimum Gasteiger partial charge on any atom is -0.312 e. The van der Waals surface area contributed by atoms with Crippen molar-refractivity contribution < 1.29 is 0 Å². The molecule has 1 aromatic heterocycles. The summed E-state index contributed by atoms with van der Waals surface area (Å²) in [6.07, 6.45) is 1.23. The number of hydrogen-bond acceptors (Lipinski definition) is 2. The summed E-state index contributed by atoms with van der Waals surface area (Å²) in [6, 6.07) is 14.4. The maximum Gasteiger partial charge on any atom is 0.250 e. The highest BCUT2D eigenvalue weighted by atomic mass is 16.1. The van der Waals surface area contributed by atoms with Crippen LogP contribution < -0.4 is 5.56 Å². The second kappa shape index (κ2) is 5.40.